The molecule has 4 heteroatoms. The van der Waals surface area contributed by atoms with Crippen LogP contribution >= 0.6 is 0 Å². The highest BCUT2D eigenvalue weighted by molar-refractivity contribution is 5.23. The molecule has 0 aromatic heterocycles. The minimum absolute atomic E-state index is 0.0920. The van der Waals surface area contributed by atoms with E-state index < -0.39 is 17.5 Å². The molecular formula is C11H14F3N. The van der Waals surface area contributed by atoms with Crippen molar-refractivity contribution < 1.29 is 13.2 Å². The molecule has 0 bridgehead atoms. The Bertz CT molecular complexity index is 350. The maximum absolute atomic E-state index is 13.4. The highest BCUT2D eigenvalue weighted by Gasteiger charge is 2.19. The van der Waals surface area contributed by atoms with Crippen molar-refractivity contribution in [2.45, 2.75) is 19.9 Å². The van der Waals surface area contributed by atoms with E-state index in [0.717, 1.165) is 6.07 Å². The fraction of sp³-hybridized carbons (Fsp3) is 0.455. The van der Waals surface area contributed by atoms with Gasteiger partial charge in [0.05, 0.1) is 0 Å². The molecule has 0 fully saturated rings. The molecule has 0 saturated heterocycles. The third-order valence-electron chi connectivity index (χ3n) is 2.35. The van der Waals surface area contributed by atoms with Crippen molar-refractivity contribution in [3.05, 3.63) is 35.1 Å². The van der Waals surface area contributed by atoms with Crippen molar-refractivity contribution in [2.24, 2.45) is 5.92 Å². The number of benzene rings is 1. The van der Waals surface area contributed by atoms with Gasteiger partial charge in [-0.3, -0.25) is 0 Å². The van der Waals surface area contributed by atoms with E-state index in [1.165, 1.54) is 0 Å². The van der Waals surface area contributed by atoms with Crippen LogP contribution in [0.2, 0.25) is 0 Å². The smallest absolute Gasteiger partial charge is 0.161 e. The van der Waals surface area contributed by atoms with Crippen LogP contribution in [0, 0.1) is 23.4 Å². The van der Waals surface area contributed by atoms with Gasteiger partial charge in [0.15, 0.2) is 11.6 Å². The minimum atomic E-state index is -1.16. The largest absolute Gasteiger partial charge is 0.313 e. The van der Waals surface area contributed by atoms with E-state index in [1.54, 1.807) is 7.05 Å². The third-order valence-corrected chi connectivity index (χ3v) is 2.35. The molecule has 1 atom stereocenters. The second-order valence-corrected chi connectivity index (χ2v) is 3.80. The van der Waals surface area contributed by atoms with Crippen LogP contribution in [-0.4, -0.2) is 7.05 Å². The normalized spacial score (nSPS) is 13.3. The summed E-state index contributed by atoms with van der Waals surface area (Å²) in [6, 6.07) is 1.17. The van der Waals surface area contributed by atoms with Crippen LogP contribution in [0.4, 0.5) is 13.2 Å². The molecule has 0 aliphatic rings. The molecule has 0 radical (unpaired) electrons. The molecule has 1 unspecified atom stereocenters. The summed E-state index contributed by atoms with van der Waals surface area (Å²) < 4.78 is 39.0. The fourth-order valence-corrected chi connectivity index (χ4v) is 1.62. The Morgan fingerprint density at radius 2 is 1.53 bits per heavy atom. The van der Waals surface area contributed by atoms with E-state index >= 15 is 0 Å². The summed E-state index contributed by atoms with van der Waals surface area (Å²) >= 11 is 0. The molecule has 15 heavy (non-hydrogen) atoms. The van der Waals surface area contributed by atoms with Crippen molar-refractivity contribution in [1.29, 1.82) is 0 Å². The molecule has 1 aromatic carbocycles. The van der Waals surface area contributed by atoms with Crippen LogP contribution in [0.3, 0.4) is 0 Å². The van der Waals surface area contributed by atoms with Crippen molar-refractivity contribution >= 4 is 0 Å². The Morgan fingerprint density at radius 3 is 2.00 bits per heavy atom. The monoisotopic (exact) mass is 217 g/mol. The molecule has 1 nitrogen and oxygen atoms in total. The summed E-state index contributed by atoms with van der Waals surface area (Å²) in [5, 5.41) is 2.88. The van der Waals surface area contributed by atoms with Crippen LogP contribution in [-0.2, 0) is 0 Å². The van der Waals surface area contributed by atoms with Gasteiger partial charge in [-0.15, -0.1) is 0 Å². The maximum Gasteiger partial charge on any atom is 0.161 e. The summed E-state index contributed by atoms with van der Waals surface area (Å²) in [4.78, 5) is 0. The molecule has 0 saturated carbocycles. The topological polar surface area (TPSA) is 12.0 Å². The van der Waals surface area contributed by atoms with Crippen molar-refractivity contribution in [3.63, 3.8) is 0 Å². The lowest BCUT2D eigenvalue weighted by Crippen LogP contribution is -2.23. The van der Waals surface area contributed by atoms with Crippen molar-refractivity contribution in [2.75, 3.05) is 7.05 Å². The summed E-state index contributed by atoms with van der Waals surface area (Å²) in [7, 11) is 1.66. The van der Waals surface area contributed by atoms with Gasteiger partial charge in [-0.25, -0.2) is 13.2 Å². The first-order chi connectivity index (χ1) is 6.97. The van der Waals surface area contributed by atoms with E-state index in [2.05, 4.69) is 5.32 Å². The van der Waals surface area contributed by atoms with Gasteiger partial charge >= 0.3 is 0 Å². The molecule has 0 aliphatic heterocycles. The average Bonchev–Trinajstić information content (AvgIpc) is 2.14. The quantitative estimate of drug-likeness (QED) is 0.767. The standard InChI is InChI=1S/C11H14F3N/c1-6(2)11(15-3)7-4-9(13)10(14)5-8(7)12/h4-6,11,15H,1-3H3. The van der Waals surface area contributed by atoms with Gasteiger partial charge in [0.2, 0.25) is 0 Å². The summed E-state index contributed by atoms with van der Waals surface area (Å²) in [6.45, 7) is 3.75. The molecule has 1 N–H and O–H groups in total. The van der Waals surface area contributed by atoms with Crippen LogP contribution in [0.15, 0.2) is 12.1 Å². The SMILES string of the molecule is CNC(c1cc(F)c(F)cc1F)C(C)C. The van der Waals surface area contributed by atoms with E-state index in [4.69, 9.17) is 0 Å². The molecule has 1 rings (SSSR count). The Morgan fingerprint density at radius 1 is 1.00 bits per heavy atom. The Labute approximate surface area is 87.3 Å². The second kappa shape index (κ2) is 4.66. The Kier molecular flexibility index (Phi) is 3.74. The van der Waals surface area contributed by atoms with E-state index in [1.807, 2.05) is 13.8 Å². The number of rotatable bonds is 3. The fourth-order valence-electron chi connectivity index (χ4n) is 1.62. The molecule has 0 spiro atoms. The van der Waals surface area contributed by atoms with Crippen LogP contribution in [0.1, 0.15) is 25.5 Å². The molecule has 1 aromatic rings. The van der Waals surface area contributed by atoms with Gasteiger partial charge < -0.3 is 5.32 Å². The number of hydrogen-bond donors (Lipinski definition) is 1. The minimum Gasteiger partial charge on any atom is -0.313 e. The summed E-state index contributed by atoms with van der Waals surface area (Å²) in [5.74, 6) is -2.81. The molecule has 0 amide bonds. The van der Waals surface area contributed by atoms with E-state index in [-0.39, 0.29) is 17.5 Å². The lowest BCUT2D eigenvalue weighted by atomic mass is 9.95. The van der Waals surface area contributed by atoms with Crippen molar-refractivity contribution in [3.8, 4) is 0 Å². The Balaban J connectivity index is 3.18. The van der Waals surface area contributed by atoms with E-state index in [0.29, 0.717) is 6.07 Å². The number of nitrogens with one attached hydrogen (secondary N) is 1. The highest BCUT2D eigenvalue weighted by atomic mass is 19.2. The lowest BCUT2D eigenvalue weighted by Gasteiger charge is -2.21. The zero-order chi connectivity index (χ0) is 11.6. The van der Waals surface area contributed by atoms with Crippen LogP contribution in [0.5, 0.6) is 0 Å². The Hall–Kier alpha value is -1.03. The van der Waals surface area contributed by atoms with Gasteiger partial charge in [-0.2, -0.15) is 0 Å². The first kappa shape index (κ1) is 12.0. The van der Waals surface area contributed by atoms with Crippen molar-refractivity contribution in [1.82, 2.24) is 5.32 Å². The predicted octanol–water partition coefficient (Wildman–Crippen LogP) is 3.02. The van der Waals surface area contributed by atoms with E-state index in [9.17, 15) is 13.2 Å². The van der Waals surface area contributed by atoms with Gasteiger partial charge in [-0.05, 0) is 19.0 Å². The van der Waals surface area contributed by atoms with Gasteiger partial charge in [-0.1, -0.05) is 13.8 Å². The zero-order valence-electron chi connectivity index (χ0n) is 8.94. The second-order valence-electron chi connectivity index (χ2n) is 3.80. The molecule has 0 aliphatic carbocycles. The number of hydrogen-bond acceptors (Lipinski definition) is 1. The number of halogens is 3. The highest BCUT2D eigenvalue weighted by Crippen LogP contribution is 2.25. The lowest BCUT2D eigenvalue weighted by molar-refractivity contribution is 0.414. The summed E-state index contributed by atoms with van der Waals surface area (Å²) in [5.41, 5.74) is 0.159. The van der Waals surface area contributed by atoms with Gasteiger partial charge in [0.25, 0.3) is 0 Å². The third kappa shape index (κ3) is 2.50. The molecule has 84 valence electrons. The predicted molar refractivity (Wildman–Crippen MR) is 53.0 cm³/mol. The molecular weight excluding hydrogens is 203 g/mol. The summed E-state index contributed by atoms with van der Waals surface area (Å²) in [6.07, 6.45) is 0. The average molecular weight is 217 g/mol. The molecule has 0 heterocycles. The first-order valence-electron chi connectivity index (χ1n) is 4.79. The van der Waals surface area contributed by atoms with Gasteiger partial charge in [0, 0.05) is 17.7 Å². The zero-order valence-corrected chi connectivity index (χ0v) is 8.94. The van der Waals surface area contributed by atoms with Gasteiger partial charge in [0.1, 0.15) is 5.82 Å². The van der Waals surface area contributed by atoms with Crippen LogP contribution in [0.25, 0.3) is 0 Å². The van der Waals surface area contributed by atoms with Crippen LogP contribution < -0.4 is 5.32 Å². The first-order valence-corrected chi connectivity index (χ1v) is 4.79. The maximum atomic E-state index is 13.4.